The van der Waals surface area contributed by atoms with Crippen molar-refractivity contribution in [3.05, 3.63) is 77.2 Å². The summed E-state index contributed by atoms with van der Waals surface area (Å²) in [6.45, 7) is 1.61. The van der Waals surface area contributed by atoms with Crippen LogP contribution in [-0.2, 0) is 21.2 Å². The third-order valence-electron chi connectivity index (χ3n) is 5.22. The molecule has 1 fully saturated rings. The maximum atomic E-state index is 12.4. The van der Waals surface area contributed by atoms with Gasteiger partial charge in [0.15, 0.2) is 0 Å². The molecule has 1 heterocycles. The van der Waals surface area contributed by atoms with E-state index in [2.05, 4.69) is 29.0 Å². The summed E-state index contributed by atoms with van der Waals surface area (Å²) in [6.07, 6.45) is 4.76. The second-order valence-electron chi connectivity index (χ2n) is 7.42. The van der Waals surface area contributed by atoms with Gasteiger partial charge in [-0.1, -0.05) is 60.7 Å². The molecule has 0 bridgehead atoms. The Labute approximate surface area is 173 Å². The molecule has 0 unspecified atom stereocenters. The van der Waals surface area contributed by atoms with E-state index in [9.17, 15) is 13.2 Å². The van der Waals surface area contributed by atoms with Crippen LogP contribution in [-0.4, -0.2) is 38.9 Å². The van der Waals surface area contributed by atoms with Gasteiger partial charge in [0.1, 0.15) is 0 Å². The molecule has 6 heteroatoms. The maximum absolute atomic E-state index is 12.4. The first-order chi connectivity index (χ1) is 14.0. The minimum atomic E-state index is -3.55. The topological polar surface area (TPSA) is 66.5 Å². The van der Waals surface area contributed by atoms with Gasteiger partial charge in [0.05, 0.1) is 0 Å². The highest BCUT2D eigenvalue weighted by molar-refractivity contribution is 7.92. The molecular formula is C23H28N2O3S. The predicted molar refractivity (Wildman–Crippen MR) is 116 cm³/mol. The quantitative estimate of drug-likeness (QED) is 0.722. The highest BCUT2D eigenvalue weighted by atomic mass is 32.2. The lowest BCUT2D eigenvalue weighted by atomic mass is 9.90. The van der Waals surface area contributed by atoms with Crippen molar-refractivity contribution in [3.63, 3.8) is 0 Å². The number of hydrogen-bond donors (Lipinski definition) is 1. The van der Waals surface area contributed by atoms with Gasteiger partial charge in [-0.15, -0.1) is 0 Å². The van der Waals surface area contributed by atoms with E-state index in [4.69, 9.17) is 0 Å². The van der Waals surface area contributed by atoms with Gasteiger partial charge in [0.25, 0.3) is 0 Å². The van der Waals surface area contributed by atoms with Crippen molar-refractivity contribution >= 4 is 22.0 Å². The van der Waals surface area contributed by atoms with Crippen molar-refractivity contribution in [2.45, 2.75) is 25.7 Å². The fourth-order valence-electron chi connectivity index (χ4n) is 3.57. The molecule has 1 amide bonds. The highest BCUT2D eigenvalue weighted by Crippen LogP contribution is 2.22. The Morgan fingerprint density at radius 2 is 1.62 bits per heavy atom. The van der Waals surface area contributed by atoms with Gasteiger partial charge in [0, 0.05) is 31.5 Å². The van der Waals surface area contributed by atoms with E-state index < -0.39 is 10.0 Å². The standard InChI is InChI=1S/C23H28N2O3S/c26-23(11-15-24-29(27,28)18-14-20-7-3-1-4-8-20)25-16-12-22(13-17-25)19-21-9-5-2-6-10-21/h1-10,14,18,22,24H,11-13,15-17,19H2/b18-14+. The molecule has 0 spiro atoms. The number of rotatable bonds is 8. The molecule has 3 rings (SSSR count). The summed E-state index contributed by atoms with van der Waals surface area (Å²) in [6, 6.07) is 19.7. The first-order valence-electron chi connectivity index (χ1n) is 10.1. The van der Waals surface area contributed by atoms with Crippen LogP contribution < -0.4 is 4.72 Å². The normalized spacial score (nSPS) is 15.7. The number of sulfonamides is 1. The van der Waals surface area contributed by atoms with Crippen molar-refractivity contribution in [2.24, 2.45) is 5.92 Å². The molecule has 0 aliphatic carbocycles. The second-order valence-corrected chi connectivity index (χ2v) is 9.07. The van der Waals surface area contributed by atoms with Crippen molar-refractivity contribution in [1.29, 1.82) is 0 Å². The van der Waals surface area contributed by atoms with Gasteiger partial charge in [-0.3, -0.25) is 4.79 Å². The lowest BCUT2D eigenvalue weighted by Crippen LogP contribution is -2.40. The van der Waals surface area contributed by atoms with Crippen molar-refractivity contribution in [1.82, 2.24) is 9.62 Å². The third-order valence-corrected chi connectivity index (χ3v) is 6.32. The molecule has 154 valence electrons. The zero-order valence-corrected chi connectivity index (χ0v) is 17.4. The van der Waals surface area contributed by atoms with Crippen LogP contribution in [0.5, 0.6) is 0 Å². The second kappa shape index (κ2) is 10.4. The summed E-state index contributed by atoms with van der Waals surface area (Å²) in [4.78, 5) is 14.3. The summed E-state index contributed by atoms with van der Waals surface area (Å²) in [5.74, 6) is 0.612. The zero-order chi connectivity index (χ0) is 20.5. The zero-order valence-electron chi connectivity index (χ0n) is 16.5. The molecule has 0 aromatic heterocycles. The number of piperidine rings is 1. The lowest BCUT2D eigenvalue weighted by Gasteiger charge is -2.32. The van der Waals surface area contributed by atoms with Crippen LogP contribution >= 0.6 is 0 Å². The van der Waals surface area contributed by atoms with Gasteiger partial charge in [0.2, 0.25) is 15.9 Å². The first-order valence-corrected chi connectivity index (χ1v) is 11.6. The molecule has 2 aromatic carbocycles. The van der Waals surface area contributed by atoms with E-state index >= 15 is 0 Å². The Morgan fingerprint density at radius 3 is 2.28 bits per heavy atom. The van der Waals surface area contributed by atoms with E-state index in [1.165, 1.54) is 5.56 Å². The molecule has 1 aliphatic heterocycles. The van der Waals surface area contributed by atoms with Crippen LogP contribution in [0.1, 0.15) is 30.4 Å². The van der Waals surface area contributed by atoms with Crippen LogP contribution in [0.2, 0.25) is 0 Å². The Bertz CT molecular complexity index is 904. The number of carbonyl (C=O) groups excluding carboxylic acids is 1. The molecule has 0 atom stereocenters. The van der Waals surface area contributed by atoms with E-state index in [0.29, 0.717) is 5.92 Å². The Hall–Kier alpha value is -2.44. The van der Waals surface area contributed by atoms with Crippen LogP contribution in [0.25, 0.3) is 6.08 Å². The average molecular weight is 413 g/mol. The highest BCUT2D eigenvalue weighted by Gasteiger charge is 2.22. The monoisotopic (exact) mass is 412 g/mol. The Balaban J connectivity index is 1.38. The SMILES string of the molecule is O=C(CCNS(=O)(=O)/C=C/c1ccccc1)N1CCC(Cc2ccccc2)CC1. The van der Waals surface area contributed by atoms with E-state index in [1.807, 2.05) is 41.3 Å². The molecule has 0 saturated carbocycles. The number of hydrogen-bond acceptors (Lipinski definition) is 3. The number of benzene rings is 2. The molecule has 2 aromatic rings. The van der Waals surface area contributed by atoms with Crippen LogP contribution in [0.3, 0.4) is 0 Å². The lowest BCUT2D eigenvalue weighted by molar-refractivity contribution is -0.132. The number of nitrogens with zero attached hydrogens (tertiary/aromatic N) is 1. The summed E-state index contributed by atoms with van der Waals surface area (Å²) in [5, 5.41) is 1.14. The Kier molecular flexibility index (Phi) is 7.61. The molecule has 5 nitrogen and oxygen atoms in total. The predicted octanol–water partition coefficient (Wildman–Crippen LogP) is 3.45. The average Bonchev–Trinajstić information content (AvgIpc) is 2.74. The molecule has 1 aliphatic rings. The fraction of sp³-hybridized carbons (Fsp3) is 0.348. The van der Waals surface area contributed by atoms with Crippen molar-refractivity contribution in [2.75, 3.05) is 19.6 Å². The van der Waals surface area contributed by atoms with Crippen LogP contribution in [0.4, 0.5) is 0 Å². The van der Waals surface area contributed by atoms with Gasteiger partial charge in [-0.2, -0.15) is 0 Å². The van der Waals surface area contributed by atoms with Gasteiger partial charge >= 0.3 is 0 Å². The summed E-state index contributed by atoms with van der Waals surface area (Å²) >= 11 is 0. The molecule has 0 radical (unpaired) electrons. The summed E-state index contributed by atoms with van der Waals surface area (Å²) in [5.41, 5.74) is 2.16. The summed E-state index contributed by atoms with van der Waals surface area (Å²) in [7, 11) is -3.55. The van der Waals surface area contributed by atoms with Crippen LogP contribution in [0, 0.1) is 5.92 Å². The maximum Gasteiger partial charge on any atom is 0.233 e. The van der Waals surface area contributed by atoms with Crippen LogP contribution in [0.15, 0.2) is 66.1 Å². The van der Waals surface area contributed by atoms with Gasteiger partial charge in [-0.25, -0.2) is 13.1 Å². The molecule has 1 saturated heterocycles. The van der Waals surface area contributed by atoms with Gasteiger partial charge < -0.3 is 4.90 Å². The molecule has 1 N–H and O–H groups in total. The largest absolute Gasteiger partial charge is 0.343 e. The van der Waals surface area contributed by atoms with Crippen molar-refractivity contribution < 1.29 is 13.2 Å². The number of nitrogens with one attached hydrogen (secondary N) is 1. The van der Waals surface area contributed by atoms with E-state index in [0.717, 1.165) is 43.3 Å². The van der Waals surface area contributed by atoms with Crippen molar-refractivity contribution in [3.8, 4) is 0 Å². The third kappa shape index (κ3) is 7.15. The minimum Gasteiger partial charge on any atom is -0.343 e. The molecular weight excluding hydrogens is 384 g/mol. The smallest absolute Gasteiger partial charge is 0.233 e. The van der Waals surface area contributed by atoms with Gasteiger partial charge in [-0.05, 0) is 42.4 Å². The number of likely N-dealkylation sites (tertiary alicyclic amines) is 1. The van der Waals surface area contributed by atoms with E-state index in [-0.39, 0.29) is 18.9 Å². The van der Waals surface area contributed by atoms with E-state index in [1.54, 1.807) is 6.08 Å². The number of carbonyl (C=O) groups is 1. The fourth-order valence-corrected chi connectivity index (χ4v) is 4.39. The Morgan fingerprint density at radius 1 is 1.00 bits per heavy atom. The first kappa shape index (κ1) is 21.3. The summed E-state index contributed by atoms with van der Waals surface area (Å²) < 4.78 is 26.6. The molecule has 29 heavy (non-hydrogen) atoms. The minimum absolute atomic E-state index is 0.0119. The number of amides is 1.